The fraction of sp³-hybridized carbons (Fsp3) is 0.690. The molecule has 0 aliphatic rings. The topological polar surface area (TPSA) is 95.9 Å². The Morgan fingerprint density at radius 2 is 0.906 bits per heavy atom. The molecular weight excluding hydrogens is 791 g/mol. The molecule has 3 N–H and O–H groups in total. The molecule has 0 saturated carbocycles. The summed E-state index contributed by atoms with van der Waals surface area (Å²) in [6, 6.07) is -0.736. The zero-order chi connectivity index (χ0) is 46.7. The zero-order valence-corrected chi connectivity index (χ0v) is 41.6. The van der Waals surface area contributed by atoms with Gasteiger partial charge in [-0.15, -0.1) is 0 Å². The largest absolute Gasteiger partial charge is 0.462 e. The first kappa shape index (κ1) is 60.8. The number of rotatable bonds is 46. The molecule has 0 spiro atoms. The van der Waals surface area contributed by atoms with Gasteiger partial charge in [0.2, 0.25) is 5.91 Å². The van der Waals surface area contributed by atoms with Gasteiger partial charge in [-0.25, -0.2) is 0 Å². The van der Waals surface area contributed by atoms with Crippen LogP contribution in [0.25, 0.3) is 0 Å². The molecule has 366 valence electrons. The van der Waals surface area contributed by atoms with Gasteiger partial charge in [-0.3, -0.25) is 9.59 Å². The minimum absolute atomic E-state index is 0.00946. The maximum Gasteiger partial charge on any atom is 0.306 e. The van der Waals surface area contributed by atoms with Crippen LogP contribution < -0.4 is 5.32 Å². The van der Waals surface area contributed by atoms with Crippen LogP contribution in [-0.4, -0.2) is 46.9 Å². The molecule has 3 atom stereocenters. The number of allylic oxidation sites excluding steroid dienone is 16. The second kappa shape index (κ2) is 50.8. The van der Waals surface area contributed by atoms with Crippen LogP contribution >= 0.6 is 0 Å². The van der Waals surface area contributed by atoms with Gasteiger partial charge in [0.1, 0.15) is 6.10 Å². The predicted molar refractivity (Wildman–Crippen MR) is 277 cm³/mol. The molecule has 3 unspecified atom stereocenters. The lowest BCUT2D eigenvalue weighted by molar-refractivity contribution is -0.150. The number of hydrogen-bond donors (Lipinski definition) is 3. The van der Waals surface area contributed by atoms with Gasteiger partial charge in [0.05, 0.1) is 25.2 Å². The van der Waals surface area contributed by atoms with Gasteiger partial charge in [-0.2, -0.15) is 0 Å². The third-order valence-electron chi connectivity index (χ3n) is 11.4. The van der Waals surface area contributed by atoms with Crippen molar-refractivity contribution in [2.75, 3.05) is 6.61 Å². The maximum absolute atomic E-state index is 13.2. The molecule has 0 fully saturated rings. The molecule has 0 heterocycles. The molecule has 0 aliphatic carbocycles. The Morgan fingerprint density at radius 3 is 1.38 bits per heavy atom. The van der Waals surface area contributed by atoms with Crippen molar-refractivity contribution in [2.24, 2.45) is 0 Å². The van der Waals surface area contributed by atoms with Gasteiger partial charge in [-0.1, -0.05) is 234 Å². The third-order valence-corrected chi connectivity index (χ3v) is 11.4. The molecule has 64 heavy (non-hydrogen) atoms. The van der Waals surface area contributed by atoms with Crippen molar-refractivity contribution in [2.45, 2.75) is 251 Å². The molecule has 1 amide bonds. The number of carbonyl (C=O) groups excluding carboxylic acids is 2. The van der Waals surface area contributed by atoms with Crippen molar-refractivity contribution in [3.63, 3.8) is 0 Å². The van der Waals surface area contributed by atoms with E-state index in [1.54, 1.807) is 0 Å². The van der Waals surface area contributed by atoms with E-state index in [1.807, 2.05) is 6.08 Å². The van der Waals surface area contributed by atoms with Crippen LogP contribution in [0.15, 0.2) is 97.2 Å². The minimum Gasteiger partial charge on any atom is -0.462 e. The van der Waals surface area contributed by atoms with E-state index in [0.717, 1.165) is 77.0 Å². The van der Waals surface area contributed by atoms with Crippen molar-refractivity contribution in [1.29, 1.82) is 0 Å². The molecule has 0 aromatic heterocycles. The summed E-state index contributed by atoms with van der Waals surface area (Å²) in [5.41, 5.74) is 0. The van der Waals surface area contributed by atoms with Crippen LogP contribution in [0, 0.1) is 0 Å². The highest BCUT2D eigenvalue weighted by molar-refractivity contribution is 5.77. The fourth-order valence-electron chi connectivity index (χ4n) is 7.45. The fourth-order valence-corrected chi connectivity index (χ4v) is 7.45. The zero-order valence-electron chi connectivity index (χ0n) is 41.6. The molecule has 6 heteroatoms. The summed E-state index contributed by atoms with van der Waals surface area (Å²) in [4.78, 5) is 26.1. The van der Waals surface area contributed by atoms with E-state index in [1.165, 1.54) is 103 Å². The monoisotopic (exact) mass is 890 g/mol. The first-order valence-electron chi connectivity index (χ1n) is 26.5. The van der Waals surface area contributed by atoms with Crippen molar-refractivity contribution in [3.8, 4) is 0 Å². The van der Waals surface area contributed by atoms with Crippen molar-refractivity contribution in [1.82, 2.24) is 5.32 Å². The second-order valence-corrected chi connectivity index (χ2v) is 17.6. The SMILES string of the molecule is CC/C=C\C/C=C\C/C=C\C/C=C\C/C=C\C/C=C\CCC(=O)OC(CCC/C=C/C=C/CCCCCCCCC)CC(=O)NC(CO)C(O)CCCCCCCCCCCCCC. The van der Waals surface area contributed by atoms with Crippen LogP contribution in [0.3, 0.4) is 0 Å². The van der Waals surface area contributed by atoms with Gasteiger partial charge in [0.25, 0.3) is 0 Å². The van der Waals surface area contributed by atoms with Crippen LogP contribution in [0.5, 0.6) is 0 Å². The molecule has 0 radical (unpaired) electrons. The van der Waals surface area contributed by atoms with E-state index >= 15 is 0 Å². The van der Waals surface area contributed by atoms with Crippen LogP contribution in [0.4, 0.5) is 0 Å². The van der Waals surface area contributed by atoms with E-state index < -0.39 is 18.2 Å². The number of carbonyl (C=O) groups is 2. The van der Waals surface area contributed by atoms with E-state index in [9.17, 15) is 19.8 Å². The van der Waals surface area contributed by atoms with E-state index in [-0.39, 0.29) is 31.3 Å². The lowest BCUT2D eigenvalue weighted by Crippen LogP contribution is -2.46. The number of aliphatic hydroxyl groups is 2. The Hall–Kier alpha value is -3.22. The van der Waals surface area contributed by atoms with Gasteiger partial charge >= 0.3 is 5.97 Å². The van der Waals surface area contributed by atoms with E-state index in [0.29, 0.717) is 19.3 Å². The number of esters is 1. The summed E-state index contributed by atoms with van der Waals surface area (Å²) in [5.74, 6) is -0.627. The normalized spacial score (nSPS) is 14.0. The highest BCUT2D eigenvalue weighted by atomic mass is 16.5. The molecule has 0 rings (SSSR count). The van der Waals surface area contributed by atoms with Gasteiger partial charge in [0, 0.05) is 6.42 Å². The Balaban J connectivity index is 4.77. The Labute approximate surface area is 395 Å². The maximum atomic E-state index is 13.2. The number of aliphatic hydroxyl groups excluding tert-OH is 2. The average Bonchev–Trinajstić information content (AvgIpc) is 3.29. The van der Waals surface area contributed by atoms with Gasteiger partial charge < -0.3 is 20.3 Å². The van der Waals surface area contributed by atoms with Crippen LogP contribution in [-0.2, 0) is 14.3 Å². The van der Waals surface area contributed by atoms with Crippen molar-refractivity contribution < 1.29 is 24.5 Å². The minimum atomic E-state index is -0.816. The number of unbranched alkanes of at least 4 members (excludes halogenated alkanes) is 19. The summed E-state index contributed by atoms with van der Waals surface area (Å²) in [7, 11) is 0. The molecule has 6 nitrogen and oxygen atoms in total. The Kier molecular flexibility index (Phi) is 48.2. The van der Waals surface area contributed by atoms with Gasteiger partial charge in [0.15, 0.2) is 0 Å². The molecule has 0 aromatic carbocycles. The molecular formula is C58H99NO5. The van der Waals surface area contributed by atoms with Crippen LogP contribution in [0.2, 0.25) is 0 Å². The lowest BCUT2D eigenvalue weighted by Gasteiger charge is -2.24. The summed E-state index contributed by atoms with van der Waals surface area (Å²) >= 11 is 0. The summed E-state index contributed by atoms with van der Waals surface area (Å²) in [5, 5.41) is 23.7. The molecule has 0 aromatic rings. The standard InChI is InChI=1S/C58H99NO5/c1-4-7-10-13-16-19-22-25-27-28-29-30-31-33-36-39-42-45-48-51-58(63)64-54(49-46-43-40-37-34-32-26-23-20-17-14-11-8-5-2)52-57(62)59-55(53-60)56(61)50-47-44-41-38-35-24-21-18-15-12-9-6-3/h7,10,16,19,25,27,29-30,32-34,36-37,40,42,45,54-56,60-61H,4-6,8-9,11-15,17-18,20-24,26,28,31,35,38-39,41,43-44,46-53H2,1-3H3,(H,59,62)/b10-7-,19-16-,27-25-,30-29-,34-32+,36-33-,40-37+,45-42-. The summed E-state index contributed by atoms with van der Waals surface area (Å²) in [6.45, 7) is 6.33. The highest BCUT2D eigenvalue weighted by Gasteiger charge is 2.23. The van der Waals surface area contributed by atoms with Crippen molar-refractivity contribution in [3.05, 3.63) is 97.2 Å². The van der Waals surface area contributed by atoms with Gasteiger partial charge in [-0.05, 0) is 83.5 Å². The Bertz CT molecular complexity index is 1270. The second-order valence-electron chi connectivity index (χ2n) is 17.6. The predicted octanol–water partition coefficient (Wildman–Crippen LogP) is 16.1. The lowest BCUT2D eigenvalue weighted by atomic mass is 10.0. The quantitative estimate of drug-likeness (QED) is 0.0245. The molecule has 0 bridgehead atoms. The highest BCUT2D eigenvalue weighted by Crippen LogP contribution is 2.16. The summed E-state index contributed by atoms with van der Waals surface area (Å²) < 4.78 is 5.87. The average molecular weight is 890 g/mol. The van der Waals surface area contributed by atoms with E-state index in [4.69, 9.17) is 4.74 Å². The van der Waals surface area contributed by atoms with Crippen molar-refractivity contribution >= 4 is 11.9 Å². The first-order valence-corrected chi connectivity index (χ1v) is 26.5. The van der Waals surface area contributed by atoms with Crippen LogP contribution in [0.1, 0.15) is 233 Å². The van der Waals surface area contributed by atoms with E-state index in [2.05, 4.69) is 117 Å². The smallest absolute Gasteiger partial charge is 0.306 e. The molecule has 0 saturated heterocycles. The molecule has 0 aliphatic heterocycles. The first-order chi connectivity index (χ1) is 31.5. The number of nitrogens with one attached hydrogen (secondary N) is 1. The summed E-state index contributed by atoms with van der Waals surface area (Å²) in [6.07, 6.45) is 67.7. The number of amides is 1. The number of ether oxygens (including phenoxy) is 1. The Morgan fingerprint density at radius 1 is 0.484 bits per heavy atom. The number of hydrogen-bond acceptors (Lipinski definition) is 5. The third kappa shape index (κ3) is 45.4.